The number of hydrogen-bond acceptors (Lipinski definition) is 4. The third-order valence-corrected chi connectivity index (χ3v) is 5.74. The lowest BCUT2D eigenvalue weighted by atomic mass is 9.83. The highest BCUT2D eigenvalue weighted by Crippen LogP contribution is 2.38. The molecule has 6 heteroatoms. The molecule has 1 aliphatic heterocycles. The quantitative estimate of drug-likeness (QED) is 0.714. The van der Waals surface area contributed by atoms with Gasteiger partial charge in [-0.1, -0.05) is 31.5 Å². The highest BCUT2D eigenvalue weighted by molar-refractivity contribution is 5.85. The van der Waals surface area contributed by atoms with Gasteiger partial charge in [-0.05, 0) is 49.6 Å². The van der Waals surface area contributed by atoms with Crippen molar-refractivity contribution in [1.82, 2.24) is 15.2 Å². The number of aromatic nitrogens is 1. The Morgan fingerprint density at radius 2 is 2.03 bits per heavy atom. The van der Waals surface area contributed by atoms with Crippen molar-refractivity contribution in [1.29, 1.82) is 0 Å². The van der Waals surface area contributed by atoms with E-state index in [1.807, 2.05) is 54.3 Å². The molecule has 0 saturated carbocycles. The number of unbranched alkanes of at least 4 members (excludes halogenated alkanes) is 1. The van der Waals surface area contributed by atoms with E-state index in [9.17, 15) is 9.59 Å². The summed E-state index contributed by atoms with van der Waals surface area (Å²) < 4.78 is 5.28. The van der Waals surface area contributed by atoms with Gasteiger partial charge in [0.05, 0.1) is 30.8 Å². The zero-order valence-corrected chi connectivity index (χ0v) is 18.0. The van der Waals surface area contributed by atoms with Crippen LogP contribution >= 0.6 is 0 Å². The van der Waals surface area contributed by atoms with E-state index in [0.29, 0.717) is 19.4 Å². The fraction of sp³-hybridized carbons (Fsp3) is 0.458. The molecule has 1 aliphatic rings. The Kier molecular flexibility index (Phi) is 7.44. The van der Waals surface area contributed by atoms with Crippen LogP contribution in [0.2, 0.25) is 0 Å². The predicted molar refractivity (Wildman–Crippen MR) is 116 cm³/mol. The average molecular weight is 410 g/mol. The van der Waals surface area contributed by atoms with Crippen LogP contribution in [0, 0.1) is 5.92 Å². The Morgan fingerprint density at radius 3 is 2.67 bits per heavy atom. The summed E-state index contributed by atoms with van der Waals surface area (Å²) in [5.74, 6) is 0.527. The van der Waals surface area contributed by atoms with Gasteiger partial charge in [-0.15, -0.1) is 0 Å². The number of likely N-dealkylation sites (tertiary alicyclic amines) is 1. The number of methoxy groups -OCH3 is 1. The van der Waals surface area contributed by atoms with Crippen LogP contribution < -0.4 is 10.1 Å². The summed E-state index contributed by atoms with van der Waals surface area (Å²) in [5.41, 5.74) is 1.78. The molecule has 1 N–H and O–H groups in total. The summed E-state index contributed by atoms with van der Waals surface area (Å²) in [6, 6.07) is 12.9. The van der Waals surface area contributed by atoms with Gasteiger partial charge in [-0.2, -0.15) is 0 Å². The molecule has 6 nitrogen and oxygen atoms in total. The molecule has 1 saturated heterocycles. The highest BCUT2D eigenvalue weighted by atomic mass is 16.5. The van der Waals surface area contributed by atoms with Crippen molar-refractivity contribution >= 4 is 11.8 Å². The standard InChI is InChI=1S/C24H31N3O3/c1-4-5-16-27-22(28)14-13-20(23(27)18-9-11-19(30-3)12-10-18)24(29)26-17(2)21-8-6-7-15-25-21/h6-12,15,17,20,23H,4-5,13-14,16H2,1-3H3,(H,26,29)/t17-,20+,23-/m1/s1. The van der Waals surface area contributed by atoms with Crippen LogP contribution in [-0.2, 0) is 9.59 Å². The summed E-state index contributed by atoms with van der Waals surface area (Å²) >= 11 is 0. The number of nitrogens with zero attached hydrogens (tertiary/aromatic N) is 2. The number of pyridine rings is 1. The minimum absolute atomic E-state index is 0.0389. The van der Waals surface area contributed by atoms with Crippen molar-refractivity contribution < 1.29 is 14.3 Å². The summed E-state index contributed by atoms with van der Waals surface area (Å²) in [4.78, 5) is 32.3. The Morgan fingerprint density at radius 1 is 1.27 bits per heavy atom. The van der Waals surface area contributed by atoms with Crippen molar-refractivity contribution in [2.75, 3.05) is 13.7 Å². The van der Waals surface area contributed by atoms with Gasteiger partial charge in [0.25, 0.3) is 0 Å². The number of nitrogens with one attached hydrogen (secondary N) is 1. The number of ether oxygens (including phenoxy) is 1. The molecular weight excluding hydrogens is 378 g/mol. The lowest BCUT2D eigenvalue weighted by molar-refractivity contribution is -0.143. The maximum Gasteiger partial charge on any atom is 0.226 e. The molecular formula is C24H31N3O3. The van der Waals surface area contributed by atoms with Crippen LogP contribution in [0.3, 0.4) is 0 Å². The maximum absolute atomic E-state index is 13.3. The van der Waals surface area contributed by atoms with Crippen molar-refractivity contribution in [3.63, 3.8) is 0 Å². The van der Waals surface area contributed by atoms with E-state index in [0.717, 1.165) is 29.8 Å². The summed E-state index contributed by atoms with van der Waals surface area (Å²) in [6.07, 6.45) is 4.57. The van der Waals surface area contributed by atoms with Gasteiger partial charge in [-0.25, -0.2) is 0 Å². The van der Waals surface area contributed by atoms with Gasteiger partial charge >= 0.3 is 0 Å². The number of carbonyl (C=O) groups is 2. The molecule has 1 fully saturated rings. The van der Waals surface area contributed by atoms with Crippen molar-refractivity contribution in [3.05, 3.63) is 59.9 Å². The molecule has 0 radical (unpaired) electrons. The first-order chi connectivity index (χ1) is 14.5. The van der Waals surface area contributed by atoms with Gasteiger partial charge in [0.15, 0.2) is 0 Å². The molecule has 1 aromatic heterocycles. The second kappa shape index (κ2) is 10.2. The van der Waals surface area contributed by atoms with E-state index in [1.165, 1.54) is 0 Å². The third-order valence-electron chi connectivity index (χ3n) is 5.74. The van der Waals surface area contributed by atoms with Crippen LogP contribution in [0.4, 0.5) is 0 Å². The number of rotatable bonds is 8. The van der Waals surface area contributed by atoms with Crippen molar-refractivity contribution in [2.45, 2.75) is 51.6 Å². The number of piperidine rings is 1. The number of benzene rings is 1. The molecule has 3 rings (SSSR count). The summed E-state index contributed by atoms with van der Waals surface area (Å²) in [5, 5.41) is 3.12. The predicted octanol–water partition coefficient (Wildman–Crippen LogP) is 4.05. The summed E-state index contributed by atoms with van der Waals surface area (Å²) in [7, 11) is 1.63. The number of amides is 2. The third kappa shape index (κ3) is 4.99. The van der Waals surface area contributed by atoms with Crippen LogP contribution in [0.25, 0.3) is 0 Å². The van der Waals surface area contributed by atoms with E-state index in [4.69, 9.17) is 4.74 Å². The maximum atomic E-state index is 13.3. The second-order valence-corrected chi connectivity index (χ2v) is 7.79. The Hall–Kier alpha value is -2.89. The van der Waals surface area contributed by atoms with E-state index in [1.54, 1.807) is 13.3 Å². The first kappa shape index (κ1) is 21.8. The van der Waals surface area contributed by atoms with Crippen molar-refractivity contribution in [2.24, 2.45) is 5.92 Å². The Labute approximate surface area is 178 Å². The molecule has 2 heterocycles. The fourth-order valence-corrected chi connectivity index (χ4v) is 4.06. The van der Waals surface area contributed by atoms with E-state index in [2.05, 4.69) is 17.2 Å². The lowest BCUT2D eigenvalue weighted by Gasteiger charge is -2.41. The molecule has 0 spiro atoms. The average Bonchev–Trinajstić information content (AvgIpc) is 2.78. The van der Waals surface area contributed by atoms with E-state index >= 15 is 0 Å². The van der Waals surface area contributed by atoms with Gasteiger partial charge in [0.2, 0.25) is 11.8 Å². The van der Waals surface area contributed by atoms with Gasteiger partial charge in [-0.3, -0.25) is 14.6 Å². The Balaban J connectivity index is 1.86. The molecule has 0 bridgehead atoms. The number of carbonyl (C=O) groups excluding carboxylic acids is 2. The Bertz CT molecular complexity index is 839. The topological polar surface area (TPSA) is 71.5 Å². The molecule has 30 heavy (non-hydrogen) atoms. The fourth-order valence-electron chi connectivity index (χ4n) is 4.06. The SMILES string of the molecule is CCCCN1C(=O)CC[C@H](C(=O)N[C@H](C)c2ccccn2)[C@H]1c1ccc(OC)cc1. The minimum Gasteiger partial charge on any atom is -0.497 e. The highest BCUT2D eigenvalue weighted by Gasteiger charge is 2.40. The van der Waals surface area contributed by atoms with Gasteiger partial charge in [0, 0.05) is 19.2 Å². The minimum atomic E-state index is -0.306. The molecule has 2 amide bonds. The monoisotopic (exact) mass is 409 g/mol. The first-order valence-electron chi connectivity index (χ1n) is 10.7. The lowest BCUT2D eigenvalue weighted by Crippen LogP contribution is -2.48. The molecule has 2 aromatic rings. The smallest absolute Gasteiger partial charge is 0.226 e. The van der Waals surface area contributed by atoms with E-state index in [-0.39, 0.29) is 29.8 Å². The van der Waals surface area contributed by atoms with Gasteiger partial charge < -0.3 is 15.0 Å². The zero-order chi connectivity index (χ0) is 21.5. The van der Waals surface area contributed by atoms with Crippen LogP contribution in [-0.4, -0.2) is 35.4 Å². The van der Waals surface area contributed by atoms with Crippen LogP contribution in [0.1, 0.15) is 62.9 Å². The molecule has 1 aromatic carbocycles. The van der Waals surface area contributed by atoms with E-state index < -0.39 is 0 Å². The second-order valence-electron chi connectivity index (χ2n) is 7.79. The molecule has 160 valence electrons. The van der Waals surface area contributed by atoms with Gasteiger partial charge in [0.1, 0.15) is 5.75 Å². The summed E-state index contributed by atoms with van der Waals surface area (Å²) in [6.45, 7) is 4.70. The normalized spacial score (nSPS) is 20.0. The molecule has 3 atom stereocenters. The van der Waals surface area contributed by atoms with Crippen LogP contribution in [0.5, 0.6) is 5.75 Å². The zero-order valence-electron chi connectivity index (χ0n) is 18.0. The number of hydrogen-bond donors (Lipinski definition) is 1. The first-order valence-corrected chi connectivity index (χ1v) is 10.7. The van der Waals surface area contributed by atoms with Crippen molar-refractivity contribution in [3.8, 4) is 5.75 Å². The largest absolute Gasteiger partial charge is 0.497 e. The molecule has 0 aliphatic carbocycles. The van der Waals surface area contributed by atoms with Crippen LogP contribution in [0.15, 0.2) is 48.7 Å². The molecule has 0 unspecified atom stereocenters.